The Morgan fingerprint density at radius 3 is 2.42 bits per heavy atom. The van der Waals surface area contributed by atoms with Gasteiger partial charge in [0, 0.05) is 33.6 Å². The lowest BCUT2D eigenvalue weighted by Crippen LogP contribution is -2.00. The molecule has 0 aliphatic rings. The molecular formula is C22H22Cl2N4OS2. The maximum atomic E-state index is 6.24. The smallest absolute Gasteiger partial charge is 0.180 e. The fourth-order valence-corrected chi connectivity index (χ4v) is 4.81. The first-order chi connectivity index (χ1) is 14.1. The number of benzene rings is 1. The Morgan fingerprint density at radius 1 is 1.03 bits per heavy atom. The van der Waals surface area contributed by atoms with Crippen molar-refractivity contribution in [1.82, 2.24) is 15.0 Å². The van der Waals surface area contributed by atoms with Gasteiger partial charge in [-0.15, -0.1) is 47.9 Å². The van der Waals surface area contributed by atoms with Crippen LogP contribution in [0, 0.1) is 6.92 Å². The second kappa shape index (κ2) is 11.3. The van der Waals surface area contributed by atoms with E-state index in [1.165, 1.54) is 0 Å². The summed E-state index contributed by atoms with van der Waals surface area (Å²) in [5.74, 6) is 1.57. The predicted molar refractivity (Wildman–Crippen MR) is 134 cm³/mol. The normalized spacial score (nSPS) is 11.2. The number of pyridine rings is 2. The SMILES string of the molecule is Cc1csc(-c2c(SC(C)c3ccccn3)cnc(N)c2Oc2ccccc2)n1.Cl.Cl. The zero-order valence-corrected chi connectivity index (χ0v) is 20.2. The third-order valence-corrected chi connectivity index (χ3v) is 6.37. The van der Waals surface area contributed by atoms with E-state index in [1.807, 2.05) is 67.0 Å². The summed E-state index contributed by atoms with van der Waals surface area (Å²) in [6.07, 6.45) is 3.60. The third-order valence-electron chi connectivity index (χ3n) is 4.23. The van der Waals surface area contributed by atoms with E-state index in [4.69, 9.17) is 15.5 Å². The molecule has 0 saturated heterocycles. The van der Waals surface area contributed by atoms with E-state index in [0.717, 1.165) is 26.9 Å². The molecule has 4 aromatic rings. The summed E-state index contributed by atoms with van der Waals surface area (Å²) in [4.78, 5) is 14.5. The summed E-state index contributed by atoms with van der Waals surface area (Å²) >= 11 is 3.24. The second-order valence-corrected chi connectivity index (χ2v) is 8.68. The van der Waals surface area contributed by atoms with Crippen molar-refractivity contribution in [3.8, 4) is 22.1 Å². The zero-order valence-electron chi connectivity index (χ0n) is 16.9. The number of rotatable bonds is 6. The van der Waals surface area contributed by atoms with Gasteiger partial charge in [-0.1, -0.05) is 24.3 Å². The number of thiazole rings is 1. The number of aromatic nitrogens is 3. The van der Waals surface area contributed by atoms with Gasteiger partial charge in [-0.05, 0) is 38.1 Å². The van der Waals surface area contributed by atoms with E-state index in [0.29, 0.717) is 17.3 Å². The maximum absolute atomic E-state index is 6.24. The van der Waals surface area contributed by atoms with Crippen molar-refractivity contribution in [2.24, 2.45) is 0 Å². The van der Waals surface area contributed by atoms with E-state index in [2.05, 4.69) is 16.9 Å². The fraction of sp³-hybridized carbons (Fsp3) is 0.136. The van der Waals surface area contributed by atoms with Crippen molar-refractivity contribution in [2.75, 3.05) is 5.73 Å². The monoisotopic (exact) mass is 492 g/mol. The van der Waals surface area contributed by atoms with Crippen molar-refractivity contribution >= 4 is 53.7 Å². The van der Waals surface area contributed by atoms with Gasteiger partial charge in [0.15, 0.2) is 11.6 Å². The molecule has 3 heterocycles. The molecule has 1 aromatic carbocycles. The lowest BCUT2D eigenvalue weighted by Gasteiger charge is -2.17. The van der Waals surface area contributed by atoms with Crippen molar-refractivity contribution in [1.29, 1.82) is 0 Å². The Kier molecular flexibility index (Phi) is 9.13. The number of para-hydroxylation sites is 1. The minimum absolute atomic E-state index is 0. The molecule has 0 spiro atoms. The average molecular weight is 493 g/mol. The molecular weight excluding hydrogens is 471 g/mol. The third kappa shape index (κ3) is 5.89. The molecule has 162 valence electrons. The Balaban J connectivity index is 0.00000171. The molecule has 1 atom stereocenters. The Bertz CT molecular complexity index is 1110. The van der Waals surface area contributed by atoms with Crippen LogP contribution in [-0.2, 0) is 0 Å². The molecule has 0 aliphatic heterocycles. The van der Waals surface area contributed by atoms with Crippen LogP contribution in [0.3, 0.4) is 0 Å². The van der Waals surface area contributed by atoms with Gasteiger partial charge in [0.25, 0.3) is 0 Å². The first kappa shape index (κ1) is 24.9. The van der Waals surface area contributed by atoms with E-state index >= 15 is 0 Å². The number of hydrogen-bond donors (Lipinski definition) is 1. The summed E-state index contributed by atoms with van der Waals surface area (Å²) < 4.78 is 6.18. The average Bonchev–Trinajstić information content (AvgIpc) is 3.17. The van der Waals surface area contributed by atoms with Crippen molar-refractivity contribution in [3.63, 3.8) is 0 Å². The summed E-state index contributed by atoms with van der Waals surface area (Å²) in [6.45, 7) is 4.10. The van der Waals surface area contributed by atoms with Gasteiger partial charge in [0.2, 0.25) is 0 Å². The molecule has 4 rings (SSSR count). The highest BCUT2D eigenvalue weighted by Crippen LogP contribution is 2.47. The van der Waals surface area contributed by atoms with Crippen molar-refractivity contribution in [2.45, 2.75) is 24.0 Å². The van der Waals surface area contributed by atoms with Crippen LogP contribution in [0.25, 0.3) is 10.6 Å². The van der Waals surface area contributed by atoms with Crippen LogP contribution in [-0.4, -0.2) is 15.0 Å². The molecule has 2 N–H and O–H groups in total. The fourth-order valence-electron chi connectivity index (χ4n) is 2.83. The zero-order chi connectivity index (χ0) is 20.2. The number of nitrogen functional groups attached to an aromatic ring is 1. The molecule has 31 heavy (non-hydrogen) atoms. The number of hydrogen-bond acceptors (Lipinski definition) is 7. The van der Waals surface area contributed by atoms with Crippen molar-refractivity contribution < 1.29 is 4.74 Å². The van der Waals surface area contributed by atoms with Crippen LogP contribution >= 0.6 is 47.9 Å². The first-order valence-corrected chi connectivity index (χ1v) is 10.9. The largest absolute Gasteiger partial charge is 0.453 e. The molecule has 0 aliphatic carbocycles. The first-order valence-electron chi connectivity index (χ1n) is 9.13. The Morgan fingerprint density at radius 2 is 1.77 bits per heavy atom. The lowest BCUT2D eigenvalue weighted by molar-refractivity contribution is 0.483. The number of ether oxygens (including phenoxy) is 1. The molecule has 5 nitrogen and oxygen atoms in total. The van der Waals surface area contributed by atoms with Gasteiger partial charge in [-0.25, -0.2) is 9.97 Å². The topological polar surface area (TPSA) is 73.9 Å². The van der Waals surface area contributed by atoms with Crippen molar-refractivity contribution in [3.05, 3.63) is 77.7 Å². The highest BCUT2D eigenvalue weighted by atomic mass is 35.5. The molecule has 0 amide bonds. The van der Waals surface area contributed by atoms with Gasteiger partial charge in [0.05, 0.1) is 11.3 Å². The number of halogens is 2. The van der Waals surface area contributed by atoms with Gasteiger partial charge < -0.3 is 10.5 Å². The molecule has 0 fully saturated rings. The summed E-state index contributed by atoms with van der Waals surface area (Å²) in [7, 11) is 0. The number of nitrogens with two attached hydrogens (primary N) is 1. The van der Waals surface area contributed by atoms with E-state index in [9.17, 15) is 0 Å². The van der Waals surface area contributed by atoms with E-state index in [-0.39, 0.29) is 30.1 Å². The summed E-state index contributed by atoms with van der Waals surface area (Å²) in [5.41, 5.74) is 9.07. The minimum atomic E-state index is 0. The molecule has 1 unspecified atom stereocenters. The van der Waals surface area contributed by atoms with Crippen LogP contribution in [0.1, 0.15) is 23.6 Å². The lowest BCUT2D eigenvalue weighted by atomic mass is 10.2. The van der Waals surface area contributed by atoms with Crippen LogP contribution in [0.5, 0.6) is 11.5 Å². The number of aryl methyl sites for hydroxylation is 1. The summed E-state index contributed by atoms with van der Waals surface area (Å²) in [5, 5.41) is 3.01. The van der Waals surface area contributed by atoms with Gasteiger partial charge in [-0.2, -0.15) is 0 Å². The number of anilines is 1. The van der Waals surface area contributed by atoms with Gasteiger partial charge in [-0.3, -0.25) is 4.98 Å². The molecule has 3 aromatic heterocycles. The molecule has 0 bridgehead atoms. The van der Waals surface area contributed by atoms with Crippen LogP contribution in [0.4, 0.5) is 5.82 Å². The Labute approximate surface area is 202 Å². The quantitative estimate of drug-likeness (QED) is 0.292. The molecule has 0 radical (unpaired) electrons. The van der Waals surface area contributed by atoms with Gasteiger partial charge in [0.1, 0.15) is 10.8 Å². The highest BCUT2D eigenvalue weighted by Gasteiger charge is 2.22. The highest BCUT2D eigenvalue weighted by molar-refractivity contribution is 7.99. The van der Waals surface area contributed by atoms with Gasteiger partial charge >= 0.3 is 0 Å². The van der Waals surface area contributed by atoms with E-state index in [1.54, 1.807) is 29.3 Å². The van der Waals surface area contributed by atoms with Crippen LogP contribution in [0.15, 0.2) is 71.2 Å². The standard InChI is InChI=1S/C22H20N4OS2.2ClH/c1-14-13-28-22(26-14)19-18(29-15(2)17-10-6-7-11-24-17)12-25-21(23)20(19)27-16-8-4-3-5-9-16;;/h3-13,15H,1-2H3,(H2,23,25);2*1H. The number of nitrogens with zero attached hydrogens (tertiary/aromatic N) is 3. The maximum Gasteiger partial charge on any atom is 0.180 e. The minimum Gasteiger partial charge on any atom is -0.453 e. The summed E-state index contributed by atoms with van der Waals surface area (Å²) in [6, 6.07) is 15.5. The molecule has 0 saturated carbocycles. The number of thioether (sulfide) groups is 1. The second-order valence-electron chi connectivity index (χ2n) is 6.44. The van der Waals surface area contributed by atoms with Crippen LogP contribution in [0.2, 0.25) is 0 Å². The predicted octanol–water partition coefficient (Wildman–Crippen LogP) is 6.98. The molecule has 9 heteroatoms. The Hall–Kier alpha value is -2.32. The van der Waals surface area contributed by atoms with Crippen LogP contribution < -0.4 is 10.5 Å². The van der Waals surface area contributed by atoms with E-state index < -0.39 is 0 Å².